The van der Waals surface area contributed by atoms with Crippen LogP contribution < -0.4 is 0 Å². The molecule has 0 aromatic heterocycles. The molecule has 1 heterocycles. The molecule has 0 amide bonds. The van der Waals surface area contributed by atoms with Crippen molar-refractivity contribution in [3.63, 3.8) is 0 Å². The molecule has 1 saturated heterocycles. The fourth-order valence-corrected chi connectivity index (χ4v) is 1.52. The monoisotopic (exact) mass is 225 g/mol. The molecular formula is C14H27NO. The highest BCUT2D eigenvalue weighted by Gasteiger charge is 2.25. The summed E-state index contributed by atoms with van der Waals surface area (Å²) in [5.41, 5.74) is -0.00590. The molecule has 0 aromatic rings. The molecule has 0 saturated carbocycles. The summed E-state index contributed by atoms with van der Waals surface area (Å²) in [6.07, 6.45) is 0. The van der Waals surface area contributed by atoms with Crippen LogP contribution in [-0.4, -0.2) is 36.7 Å². The van der Waals surface area contributed by atoms with Gasteiger partial charge in [-0.05, 0) is 13.8 Å². The zero-order valence-corrected chi connectivity index (χ0v) is 11.8. The van der Waals surface area contributed by atoms with Crippen LogP contribution in [0.15, 0.2) is 0 Å². The van der Waals surface area contributed by atoms with Crippen molar-refractivity contribution >= 4 is 0 Å². The van der Waals surface area contributed by atoms with Crippen LogP contribution in [0.5, 0.6) is 0 Å². The molecule has 2 heteroatoms. The Bertz CT molecular complexity index is 229. The van der Waals surface area contributed by atoms with Crippen molar-refractivity contribution in [3.8, 4) is 11.8 Å². The Labute approximate surface area is 101 Å². The summed E-state index contributed by atoms with van der Waals surface area (Å²) in [7, 11) is 0. The molecule has 0 N–H and O–H groups in total. The molecule has 0 atom stereocenters. The van der Waals surface area contributed by atoms with Crippen molar-refractivity contribution in [2.45, 2.75) is 47.1 Å². The second-order valence-electron chi connectivity index (χ2n) is 4.58. The quantitative estimate of drug-likeness (QED) is 0.636. The summed E-state index contributed by atoms with van der Waals surface area (Å²) in [5.74, 6) is 7.05. The number of nitrogens with zero attached hydrogens (tertiary/aromatic N) is 1. The van der Waals surface area contributed by atoms with E-state index in [2.05, 4.69) is 44.4 Å². The van der Waals surface area contributed by atoms with Gasteiger partial charge in [0.1, 0.15) is 0 Å². The van der Waals surface area contributed by atoms with Crippen molar-refractivity contribution in [1.29, 1.82) is 0 Å². The third-order valence-corrected chi connectivity index (χ3v) is 2.47. The third kappa shape index (κ3) is 5.53. The molecule has 16 heavy (non-hydrogen) atoms. The van der Waals surface area contributed by atoms with Gasteiger partial charge in [-0.3, -0.25) is 4.90 Å². The predicted molar refractivity (Wildman–Crippen MR) is 70.4 cm³/mol. The SMILES string of the molecule is CC.CC(C)C#CC(C)(C)N1CCOCC1. The van der Waals surface area contributed by atoms with E-state index in [9.17, 15) is 0 Å². The Balaban J connectivity index is 0.00000106. The van der Waals surface area contributed by atoms with E-state index in [1.165, 1.54) is 0 Å². The zero-order valence-electron chi connectivity index (χ0n) is 11.8. The van der Waals surface area contributed by atoms with Crippen LogP contribution in [0.2, 0.25) is 0 Å². The largest absolute Gasteiger partial charge is 0.379 e. The van der Waals surface area contributed by atoms with Crippen LogP contribution >= 0.6 is 0 Å². The van der Waals surface area contributed by atoms with Gasteiger partial charge >= 0.3 is 0 Å². The minimum atomic E-state index is -0.00590. The Kier molecular flexibility index (Phi) is 7.45. The highest BCUT2D eigenvalue weighted by atomic mass is 16.5. The van der Waals surface area contributed by atoms with Crippen LogP contribution in [0.4, 0.5) is 0 Å². The maximum atomic E-state index is 5.33. The molecule has 94 valence electrons. The lowest BCUT2D eigenvalue weighted by molar-refractivity contribution is 0.00735. The average Bonchev–Trinajstić information content (AvgIpc) is 2.30. The van der Waals surface area contributed by atoms with E-state index in [0.29, 0.717) is 5.92 Å². The van der Waals surface area contributed by atoms with Gasteiger partial charge in [-0.15, -0.1) is 0 Å². The standard InChI is InChI=1S/C12H21NO.C2H6/c1-11(2)5-6-12(3,4)13-7-9-14-10-8-13;1-2/h11H,7-10H2,1-4H3;1-2H3. The molecular weight excluding hydrogens is 198 g/mol. The first-order valence-corrected chi connectivity index (χ1v) is 6.38. The summed E-state index contributed by atoms with van der Waals surface area (Å²) >= 11 is 0. The van der Waals surface area contributed by atoms with Gasteiger partial charge in [0.05, 0.1) is 18.8 Å². The summed E-state index contributed by atoms with van der Waals surface area (Å²) < 4.78 is 5.33. The van der Waals surface area contributed by atoms with Crippen LogP contribution in [-0.2, 0) is 4.74 Å². The third-order valence-electron chi connectivity index (χ3n) is 2.47. The summed E-state index contributed by atoms with van der Waals surface area (Å²) in [4.78, 5) is 2.39. The van der Waals surface area contributed by atoms with Gasteiger partial charge in [0.25, 0.3) is 0 Å². The Morgan fingerprint density at radius 2 is 1.62 bits per heavy atom. The van der Waals surface area contributed by atoms with Crippen molar-refractivity contribution in [2.24, 2.45) is 5.92 Å². The van der Waals surface area contributed by atoms with Crippen LogP contribution in [0, 0.1) is 17.8 Å². The first kappa shape index (κ1) is 15.5. The van der Waals surface area contributed by atoms with Crippen molar-refractivity contribution in [3.05, 3.63) is 0 Å². The number of rotatable bonds is 1. The molecule has 0 aliphatic carbocycles. The average molecular weight is 225 g/mol. The van der Waals surface area contributed by atoms with Gasteiger partial charge in [0, 0.05) is 19.0 Å². The van der Waals surface area contributed by atoms with Gasteiger partial charge in [-0.25, -0.2) is 0 Å². The molecule has 1 rings (SSSR count). The topological polar surface area (TPSA) is 12.5 Å². The van der Waals surface area contributed by atoms with Gasteiger partial charge in [0.2, 0.25) is 0 Å². The molecule has 1 fully saturated rings. The molecule has 1 aliphatic heterocycles. The maximum Gasteiger partial charge on any atom is 0.0770 e. The number of morpholine rings is 1. The van der Waals surface area contributed by atoms with Crippen molar-refractivity contribution in [2.75, 3.05) is 26.3 Å². The fourth-order valence-electron chi connectivity index (χ4n) is 1.52. The lowest BCUT2D eigenvalue weighted by Crippen LogP contribution is -2.49. The Hall–Kier alpha value is -0.520. The first-order chi connectivity index (χ1) is 7.52. The van der Waals surface area contributed by atoms with E-state index < -0.39 is 0 Å². The van der Waals surface area contributed by atoms with Crippen molar-refractivity contribution < 1.29 is 4.74 Å². The van der Waals surface area contributed by atoms with E-state index in [4.69, 9.17) is 4.74 Å². The molecule has 0 aromatic carbocycles. The number of hydrogen-bond donors (Lipinski definition) is 0. The van der Waals surface area contributed by atoms with Gasteiger partial charge in [0.15, 0.2) is 0 Å². The van der Waals surface area contributed by atoms with E-state index in [0.717, 1.165) is 26.3 Å². The number of ether oxygens (including phenoxy) is 1. The number of hydrogen-bond acceptors (Lipinski definition) is 2. The Morgan fingerprint density at radius 3 is 2.06 bits per heavy atom. The molecule has 0 bridgehead atoms. The van der Waals surface area contributed by atoms with Crippen molar-refractivity contribution in [1.82, 2.24) is 4.90 Å². The zero-order chi connectivity index (χ0) is 12.6. The molecule has 0 radical (unpaired) electrons. The normalized spacial score (nSPS) is 17.2. The summed E-state index contributed by atoms with van der Waals surface area (Å²) in [5, 5.41) is 0. The second-order valence-corrected chi connectivity index (χ2v) is 4.58. The van der Waals surface area contributed by atoms with Crippen LogP contribution in [0.1, 0.15) is 41.5 Å². The lowest BCUT2D eigenvalue weighted by atomic mass is 10.0. The lowest BCUT2D eigenvalue weighted by Gasteiger charge is -2.37. The minimum Gasteiger partial charge on any atom is -0.379 e. The summed E-state index contributed by atoms with van der Waals surface area (Å²) in [6.45, 7) is 16.3. The predicted octanol–water partition coefficient (Wildman–Crippen LogP) is 2.78. The maximum absolute atomic E-state index is 5.33. The van der Waals surface area contributed by atoms with E-state index >= 15 is 0 Å². The van der Waals surface area contributed by atoms with E-state index in [1.54, 1.807) is 0 Å². The van der Waals surface area contributed by atoms with E-state index in [-0.39, 0.29) is 5.54 Å². The second kappa shape index (κ2) is 7.70. The van der Waals surface area contributed by atoms with Gasteiger partial charge in [-0.2, -0.15) is 0 Å². The Morgan fingerprint density at radius 1 is 1.12 bits per heavy atom. The molecule has 0 spiro atoms. The molecule has 0 unspecified atom stereocenters. The smallest absolute Gasteiger partial charge is 0.0770 e. The van der Waals surface area contributed by atoms with Gasteiger partial charge in [-0.1, -0.05) is 39.5 Å². The highest BCUT2D eigenvalue weighted by Crippen LogP contribution is 2.15. The fraction of sp³-hybridized carbons (Fsp3) is 0.857. The van der Waals surface area contributed by atoms with Crippen LogP contribution in [0.3, 0.4) is 0 Å². The highest BCUT2D eigenvalue weighted by molar-refractivity contribution is 5.16. The first-order valence-electron chi connectivity index (χ1n) is 6.38. The summed E-state index contributed by atoms with van der Waals surface area (Å²) in [6, 6.07) is 0. The molecule has 1 aliphatic rings. The van der Waals surface area contributed by atoms with E-state index in [1.807, 2.05) is 13.8 Å². The minimum absolute atomic E-state index is 0.00590. The van der Waals surface area contributed by atoms with Gasteiger partial charge < -0.3 is 4.74 Å². The van der Waals surface area contributed by atoms with Crippen LogP contribution in [0.25, 0.3) is 0 Å². The molecule has 2 nitrogen and oxygen atoms in total.